The molecule has 1 heterocycles. The smallest absolute Gasteiger partial charge is 0.299 e. The Balaban J connectivity index is 2.48. The van der Waals surface area contributed by atoms with Gasteiger partial charge >= 0.3 is 5.91 Å². The van der Waals surface area contributed by atoms with Crippen LogP contribution in [0.15, 0.2) is 24.3 Å². The van der Waals surface area contributed by atoms with E-state index in [1.54, 1.807) is 0 Å². The van der Waals surface area contributed by atoms with Crippen molar-refractivity contribution in [2.24, 2.45) is 5.92 Å². The van der Waals surface area contributed by atoms with Crippen molar-refractivity contribution in [1.29, 1.82) is 0 Å². The summed E-state index contributed by atoms with van der Waals surface area (Å²) in [5.41, 5.74) is -0.437. The Bertz CT molecular complexity index is 666. The molecule has 1 unspecified atom stereocenters. The molecule has 1 aliphatic rings. The highest BCUT2D eigenvalue weighted by Gasteiger charge is 2.50. The van der Waals surface area contributed by atoms with Gasteiger partial charge in [0.15, 0.2) is 5.92 Å². The Morgan fingerprint density at radius 2 is 1.95 bits per heavy atom. The van der Waals surface area contributed by atoms with E-state index in [-0.39, 0.29) is 11.4 Å². The minimum absolute atomic E-state index is 0.105. The van der Waals surface area contributed by atoms with Crippen molar-refractivity contribution in [2.45, 2.75) is 6.92 Å². The van der Waals surface area contributed by atoms with Crippen molar-refractivity contribution < 1.29 is 24.1 Å². The van der Waals surface area contributed by atoms with Gasteiger partial charge in [0.25, 0.3) is 11.6 Å². The highest BCUT2D eigenvalue weighted by Crippen LogP contribution is 2.27. The van der Waals surface area contributed by atoms with Gasteiger partial charge in [-0.25, -0.2) is 4.90 Å². The predicted octanol–water partition coefficient (Wildman–Crippen LogP) is 0.242. The third kappa shape index (κ3) is 1.96. The lowest BCUT2D eigenvalue weighted by Crippen LogP contribution is -2.31. The molecule has 1 saturated heterocycles. The molecule has 1 aromatic carbocycles. The predicted molar refractivity (Wildman–Crippen MR) is 64.8 cm³/mol. The van der Waals surface area contributed by atoms with Crippen LogP contribution in [-0.2, 0) is 19.2 Å². The van der Waals surface area contributed by atoms with E-state index in [0.29, 0.717) is 4.90 Å². The average Bonchev–Trinajstić information content (AvgIpc) is 2.60. The number of ketones is 2. The molecule has 2 rings (SSSR count). The van der Waals surface area contributed by atoms with E-state index in [4.69, 9.17) is 0 Å². The first kappa shape index (κ1) is 13.5. The number of non-ortho nitro benzene ring substituents is 1. The molecule has 0 bridgehead atoms. The number of nitrogens with zero attached hydrogens (tertiary/aromatic N) is 2. The average molecular weight is 276 g/mol. The summed E-state index contributed by atoms with van der Waals surface area (Å²) >= 11 is 0. The summed E-state index contributed by atoms with van der Waals surface area (Å²) in [7, 11) is 0. The maximum atomic E-state index is 11.9. The zero-order valence-electron chi connectivity index (χ0n) is 10.2. The molecular formula is C12H8N2O6. The molecule has 1 atom stereocenters. The van der Waals surface area contributed by atoms with Crippen molar-refractivity contribution >= 4 is 34.8 Å². The van der Waals surface area contributed by atoms with E-state index in [2.05, 4.69) is 0 Å². The fourth-order valence-electron chi connectivity index (χ4n) is 1.92. The van der Waals surface area contributed by atoms with Crippen LogP contribution in [-0.4, -0.2) is 28.3 Å². The first-order valence-electron chi connectivity index (χ1n) is 5.51. The number of rotatable bonds is 3. The third-order valence-corrected chi connectivity index (χ3v) is 2.85. The fourth-order valence-corrected chi connectivity index (χ4v) is 1.92. The molecule has 0 radical (unpaired) electrons. The highest BCUT2D eigenvalue weighted by atomic mass is 16.6. The van der Waals surface area contributed by atoms with Gasteiger partial charge < -0.3 is 0 Å². The van der Waals surface area contributed by atoms with Crippen molar-refractivity contribution in [3.8, 4) is 0 Å². The van der Waals surface area contributed by atoms with E-state index in [0.717, 1.165) is 13.0 Å². The van der Waals surface area contributed by atoms with Crippen LogP contribution in [0, 0.1) is 16.0 Å². The van der Waals surface area contributed by atoms with Gasteiger partial charge in [0.2, 0.25) is 5.78 Å². The molecule has 0 aliphatic carbocycles. The number of hydrogen-bond donors (Lipinski definition) is 0. The fraction of sp³-hybridized carbons (Fsp3) is 0.167. The number of amides is 2. The minimum Gasteiger partial charge on any atom is -0.299 e. The van der Waals surface area contributed by atoms with Crippen LogP contribution >= 0.6 is 0 Å². The Hall–Kier alpha value is -2.90. The molecule has 1 fully saturated rings. The lowest BCUT2D eigenvalue weighted by molar-refractivity contribution is -0.384. The molecule has 0 spiro atoms. The van der Waals surface area contributed by atoms with Crippen molar-refractivity contribution in [2.75, 3.05) is 4.90 Å². The summed E-state index contributed by atoms with van der Waals surface area (Å²) in [5, 5.41) is 10.7. The summed E-state index contributed by atoms with van der Waals surface area (Å²) in [4.78, 5) is 57.0. The van der Waals surface area contributed by atoms with Crippen LogP contribution in [0.1, 0.15) is 6.92 Å². The summed E-state index contributed by atoms with van der Waals surface area (Å²) in [5.74, 6) is -5.64. The molecule has 1 aliphatic heterocycles. The lowest BCUT2D eigenvalue weighted by atomic mass is 10.0. The van der Waals surface area contributed by atoms with E-state index in [9.17, 15) is 29.3 Å². The quantitative estimate of drug-likeness (QED) is 0.257. The molecule has 0 saturated carbocycles. The van der Waals surface area contributed by atoms with Crippen molar-refractivity contribution in [3.63, 3.8) is 0 Å². The second kappa shape index (κ2) is 4.65. The zero-order chi connectivity index (χ0) is 15.0. The van der Waals surface area contributed by atoms with Gasteiger partial charge in [0.05, 0.1) is 10.6 Å². The number of Topliss-reactive ketones (excluding diaryl/α,β-unsaturated/α-hetero) is 2. The van der Waals surface area contributed by atoms with Crippen LogP contribution in [0.4, 0.5) is 11.4 Å². The van der Waals surface area contributed by atoms with Gasteiger partial charge in [-0.05, 0) is 13.0 Å². The third-order valence-electron chi connectivity index (χ3n) is 2.85. The van der Waals surface area contributed by atoms with E-state index < -0.39 is 34.2 Å². The van der Waals surface area contributed by atoms with E-state index in [1.807, 2.05) is 0 Å². The summed E-state index contributed by atoms with van der Waals surface area (Å²) in [6.07, 6.45) is 0. The zero-order valence-corrected chi connectivity index (χ0v) is 10.2. The molecule has 1 aromatic rings. The Morgan fingerprint density at radius 3 is 2.45 bits per heavy atom. The van der Waals surface area contributed by atoms with E-state index >= 15 is 0 Å². The molecule has 0 aromatic heterocycles. The van der Waals surface area contributed by atoms with Gasteiger partial charge in [-0.1, -0.05) is 6.07 Å². The number of hydrogen-bond acceptors (Lipinski definition) is 6. The number of nitro groups is 1. The molecule has 2 amide bonds. The molecule has 102 valence electrons. The first-order valence-corrected chi connectivity index (χ1v) is 5.51. The molecular weight excluding hydrogens is 268 g/mol. The number of nitro benzene ring substituents is 1. The summed E-state index contributed by atoms with van der Waals surface area (Å²) in [6, 6.07) is 4.72. The number of imide groups is 1. The van der Waals surface area contributed by atoms with Crippen molar-refractivity contribution in [3.05, 3.63) is 34.4 Å². The number of carbonyl (C=O) groups excluding carboxylic acids is 4. The van der Waals surface area contributed by atoms with Crippen molar-refractivity contribution in [1.82, 2.24) is 0 Å². The van der Waals surface area contributed by atoms with Crippen LogP contribution in [0.5, 0.6) is 0 Å². The van der Waals surface area contributed by atoms with Gasteiger partial charge in [-0.3, -0.25) is 29.3 Å². The number of anilines is 1. The summed E-state index contributed by atoms with van der Waals surface area (Å²) < 4.78 is 0. The second-order valence-electron chi connectivity index (χ2n) is 4.16. The Labute approximate surface area is 112 Å². The molecule has 8 heteroatoms. The number of benzene rings is 1. The number of carbonyl (C=O) groups is 4. The Morgan fingerprint density at radius 1 is 1.30 bits per heavy atom. The van der Waals surface area contributed by atoms with Crippen LogP contribution in [0.25, 0.3) is 0 Å². The van der Waals surface area contributed by atoms with Crippen LogP contribution in [0.3, 0.4) is 0 Å². The van der Waals surface area contributed by atoms with Gasteiger partial charge in [-0.15, -0.1) is 0 Å². The maximum absolute atomic E-state index is 11.9. The second-order valence-corrected chi connectivity index (χ2v) is 4.16. The molecule has 20 heavy (non-hydrogen) atoms. The van der Waals surface area contributed by atoms with Crippen LogP contribution in [0.2, 0.25) is 0 Å². The maximum Gasteiger partial charge on any atom is 0.302 e. The lowest BCUT2D eigenvalue weighted by Gasteiger charge is -2.12. The minimum atomic E-state index is -1.65. The van der Waals surface area contributed by atoms with E-state index in [1.165, 1.54) is 18.2 Å². The van der Waals surface area contributed by atoms with Gasteiger partial charge in [-0.2, -0.15) is 0 Å². The Kier molecular flexibility index (Phi) is 3.15. The van der Waals surface area contributed by atoms with Gasteiger partial charge in [0, 0.05) is 12.1 Å². The van der Waals surface area contributed by atoms with Gasteiger partial charge in [0.1, 0.15) is 5.78 Å². The SMILES string of the molecule is CC(=O)C1C(=O)C(=O)N(c2cccc([N+](=O)[O-])c2)C1=O. The highest BCUT2D eigenvalue weighted by molar-refractivity contribution is 6.59. The molecule has 0 N–H and O–H groups in total. The van der Waals surface area contributed by atoms with Crippen LogP contribution < -0.4 is 4.90 Å². The largest absolute Gasteiger partial charge is 0.302 e. The molecule has 8 nitrogen and oxygen atoms in total. The summed E-state index contributed by atoms with van der Waals surface area (Å²) in [6.45, 7) is 1.03. The normalized spacial score (nSPS) is 18.6. The standard InChI is InChI=1S/C12H8N2O6/c1-6(15)9-10(16)12(18)13(11(9)17)7-3-2-4-8(5-7)14(19)20/h2-5,9H,1H3. The monoisotopic (exact) mass is 276 g/mol. The first-order chi connectivity index (χ1) is 9.34. The topological polar surface area (TPSA) is 115 Å².